The first-order valence-electron chi connectivity index (χ1n) is 10.5. The van der Waals surface area contributed by atoms with Crippen molar-refractivity contribution in [2.45, 2.75) is 58.2 Å². The lowest BCUT2D eigenvalue weighted by Gasteiger charge is -2.22. The van der Waals surface area contributed by atoms with Crippen LogP contribution in [0, 0.1) is 6.92 Å². The number of nitrogens with zero attached hydrogens (tertiary/aromatic N) is 4. The van der Waals surface area contributed by atoms with E-state index in [1.807, 2.05) is 18.5 Å². The Morgan fingerprint density at radius 2 is 1.90 bits per heavy atom. The summed E-state index contributed by atoms with van der Waals surface area (Å²) in [4.78, 5) is 4.83. The topological polar surface area (TPSA) is 67.1 Å². The molecule has 1 fully saturated rings. The molecule has 0 radical (unpaired) electrons. The van der Waals surface area contributed by atoms with Crippen molar-refractivity contribution in [1.82, 2.24) is 25.4 Å². The van der Waals surface area contributed by atoms with Gasteiger partial charge in [0.25, 0.3) is 0 Å². The maximum Gasteiger partial charge on any atom is 0.192 e. The lowest BCUT2D eigenvalue weighted by atomic mass is 10.0. The number of benzene rings is 2. The lowest BCUT2D eigenvalue weighted by molar-refractivity contribution is 0.592. The molecule has 29 heavy (non-hydrogen) atoms. The van der Waals surface area contributed by atoms with Crippen molar-refractivity contribution in [2.75, 3.05) is 0 Å². The molecule has 0 bridgehead atoms. The number of rotatable bonds is 5. The summed E-state index contributed by atoms with van der Waals surface area (Å²) in [6.07, 6.45) is 4.98. The Kier molecular flexibility index (Phi) is 5.79. The number of nitrogens with one attached hydrogen (secondary N) is 2. The highest BCUT2D eigenvalue weighted by atomic mass is 15.3. The van der Waals surface area contributed by atoms with Crippen molar-refractivity contribution in [3.8, 4) is 0 Å². The quantitative estimate of drug-likeness (QED) is 0.510. The summed E-state index contributed by atoms with van der Waals surface area (Å²) in [7, 11) is 1.98. The van der Waals surface area contributed by atoms with E-state index in [1.54, 1.807) is 0 Å². The number of fused-ring (bicyclic) bond motifs is 1. The summed E-state index contributed by atoms with van der Waals surface area (Å²) < 4.78 is 1.99. The molecule has 6 nitrogen and oxygen atoms in total. The van der Waals surface area contributed by atoms with Crippen LogP contribution in [0.4, 0.5) is 0 Å². The van der Waals surface area contributed by atoms with Crippen LogP contribution >= 0.6 is 0 Å². The fourth-order valence-corrected chi connectivity index (χ4v) is 3.90. The molecule has 0 saturated heterocycles. The van der Waals surface area contributed by atoms with Crippen LogP contribution in [-0.4, -0.2) is 26.8 Å². The zero-order valence-corrected chi connectivity index (χ0v) is 17.5. The molecule has 2 aromatic carbocycles. The van der Waals surface area contributed by atoms with E-state index < -0.39 is 0 Å². The number of hydrogen-bond acceptors (Lipinski definition) is 3. The van der Waals surface area contributed by atoms with Gasteiger partial charge in [-0.25, -0.2) is 4.99 Å². The third kappa shape index (κ3) is 4.58. The van der Waals surface area contributed by atoms with E-state index in [4.69, 9.17) is 4.99 Å². The standard InChI is InChI=1S/C23H30N6/c1-16(19-13-12-18-8-4-5-9-20(18)14-19)25-23(26-21-10-6-7-11-21)24-15-22-28-27-17(2)29(22)3/h4-5,8-9,12-14,16,21H,6-7,10-11,15H2,1-3H3,(H2,24,25,26). The van der Waals surface area contributed by atoms with Gasteiger partial charge in [0.1, 0.15) is 12.4 Å². The van der Waals surface area contributed by atoms with Gasteiger partial charge in [0.15, 0.2) is 11.8 Å². The maximum absolute atomic E-state index is 4.83. The first-order valence-corrected chi connectivity index (χ1v) is 10.5. The molecule has 1 saturated carbocycles. The monoisotopic (exact) mass is 390 g/mol. The third-order valence-corrected chi connectivity index (χ3v) is 5.88. The molecule has 6 heteroatoms. The van der Waals surface area contributed by atoms with Crippen LogP contribution in [0.25, 0.3) is 10.8 Å². The summed E-state index contributed by atoms with van der Waals surface area (Å²) in [5.41, 5.74) is 1.25. The number of guanidine groups is 1. The molecule has 1 heterocycles. The van der Waals surface area contributed by atoms with Crippen molar-refractivity contribution >= 4 is 16.7 Å². The second kappa shape index (κ2) is 8.64. The zero-order chi connectivity index (χ0) is 20.2. The van der Waals surface area contributed by atoms with Crippen molar-refractivity contribution in [3.63, 3.8) is 0 Å². The molecule has 1 aliphatic carbocycles. The number of hydrogen-bond donors (Lipinski definition) is 2. The minimum atomic E-state index is 0.147. The second-order valence-electron chi connectivity index (χ2n) is 7.99. The lowest BCUT2D eigenvalue weighted by Crippen LogP contribution is -2.43. The Hall–Kier alpha value is -2.89. The van der Waals surface area contributed by atoms with Gasteiger partial charge in [0.2, 0.25) is 0 Å². The van der Waals surface area contributed by atoms with E-state index in [0.717, 1.165) is 17.6 Å². The SMILES string of the molecule is Cc1nnc(CN=C(NC2CCCC2)NC(C)c2ccc3ccccc3c2)n1C. The molecule has 152 valence electrons. The van der Waals surface area contributed by atoms with E-state index >= 15 is 0 Å². The molecule has 1 unspecified atom stereocenters. The molecular formula is C23H30N6. The van der Waals surface area contributed by atoms with Crippen LogP contribution in [0.15, 0.2) is 47.5 Å². The summed E-state index contributed by atoms with van der Waals surface area (Å²) in [6.45, 7) is 4.64. The Morgan fingerprint density at radius 1 is 1.14 bits per heavy atom. The number of aromatic nitrogens is 3. The van der Waals surface area contributed by atoms with Gasteiger partial charge in [0, 0.05) is 13.1 Å². The second-order valence-corrected chi connectivity index (χ2v) is 7.99. The zero-order valence-electron chi connectivity index (χ0n) is 17.5. The van der Waals surface area contributed by atoms with Crippen LogP contribution in [0.5, 0.6) is 0 Å². The fourth-order valence-electron chi connectivity index (χ4n) is 3.90. The van der Waals surface area contributed by atoms with Gasteiger partial charge >= 0.3 is 0 Å². The molecule has 1 aromatic heterocycles. The van der Waals surface area contributed by atoms with Crippen LogP contribution < -0.4 is 10.6 Å². The first-order chi connectivity index (χ1) is 14.1. The number of aliphatic imine (C=N–C) groups is 1. The minimum absolute atomic E-state index is 0.147. The molecule has 1 atom stereocenters. The van der Waals surface area contributed by atoms with Crippen molar-refractivity contribution in [3.05, 3.63) is 59.7 Å². The van der Waals surface area contributed by atoms with Crippen molar-refractivity contribution in [1.29, 1.82) is 0 Å². The molecule has 2 N–H and O–H groups in total. The van der Waals surface area contributed by atoms with Crippen molar-refractivity contribution < 1.29 is 0 Å². The Balaban J connectivity index is 1.52. The van der Waals surface area contributed by atoms with Crippen LogP contribution in [0.3, 0.4) is 0 Å². The predicted octanol–water partition coefficient (Wildman–Crippen LogP) is 4.02. The van der Waals surface area contributed by atoms with E-state index in [9.17, 15) is 0 Å². The molecular weight excluding hydrogens is 360 g/mol. The number of aryl methyl sites for hydroxylation is 1. The molecule has 3 aromatic rings. The van der Waals surface area contributed by atoms with Gasteiger partial charge in [-0.05, 0) is 49.1 Å². The van der Waals surface area contributed by atoms with E-state index in [-0.39, 0.29) is 6.04 Å². The highest BCUT2D eigenvalue weighted by Crippen LogP contribution is 2.21. The van der Waals surface area contributed by atoms with Gasteiger partial charge in [0.05, 0.1) is 6.04 Å². The van der Waals surface area contributed by atoms with Crippen molar-refractivity contribution in [2.24, 2.45) is 12.0 Å². The Labute approximate surface area is 172 Å². The average molecular weight is 391 g/mol. The van der Waals surface area contributed by atoms with Crippen LogP contribution in [0.2, 0.25) is 0 Å². The molecule has 1 aliphatic rings. The van der Waals surface area contributed by atoms with E-state index in [2.05, 4.69) is 70.2 Å². The van der Waals surface area contributed by atoms with Gasteiger partial charge in [-0.2, -0.15) is 0 Å². The summed E-state index contributed by atoms with van der Waals surface area (Å²) in [6, 6.07) is 15.7. The molecule has 4 rings (SSSR count). The van der Waals surface area contributed by atoms with Gasteiger partial charge in [-0.15, -0.1) is 10.2 Å². The van der Waals surface area contributed by atoms with Gasteiger partial charge in [-0.3, -0.25) is 0 Å². The summed E-state index contributed by atoms with van der Waals surface area (Å²) in [5, 5.41) is 18.1. The summed E-state index contributed by atoms with van der Waals surface area (Å²) >= 11 is 0. The highest BCUT2D eigenvalue weighted by molar-refractivity contribution is 5.84. The van der Waals surface area contributed by atoms with Gasteiger partial charge < -0.3 is 15.2 Å². The minimum Gasteiger partial charge on any atom is -0.354 e. The third-order valence-electron chi connectivity index (χ3n) is 5.88. The first kappa shape index (κ1) is 19.4. The predicted molar refractivity (Wildman–Crippen MR) is 118 cm³/mol. The van der Waals surface area contributed by atoms with Gasteiger partial charge in [-0.1, -0.05) is 49.2 Å². The van der Waals surface area contributed by atoms with E-state index in [1.165, 1.54) is 42.0 Å². The largest absolute Gasteiger partial charge is 0.354 e. The fraction of sp³-hybridized carbons (Fsp3) is 0.435. The normalized spacial score (nSPS) is 16.3. The molecule has 0 spiro atoms. The highest BCUT2D eigenvalue weighted by Gasteiger charge is 2.18. The van der Waals surface area contributed by atoms with E-state index in [0.29, 0.717) is 12.6 Å². The van der Waals surface area contributed by atoms with Crippen LogP contribution in [-0.2, 0) is 13.6 Å². The maximum atomic E-state index is 4.83. The van der Waals surface area contributed by atoms with Crippen LogP contribution in [0.1, 0.15) is 55.9 Å². The summed E-state index contributed by atoms with van der Waals surface area (Å²) in [5.74, 6) is 2.62. The Morgan fingerprint density at radius 3 is 2.62 bits per heavy atom. The smallest absolute Gasteiger partial charge is 0.192 e. The average Bonchev–Trinajstić information content (AvgIpc) is 3.36. The Bertz CT molecular complexity index is 1000. The molecule has 0 aliphatic heterocycles. The molecule has 0 amide bonds.